The van der Waals surface area contributed by atoms with Gasteiger partial charge in [0.15, 0.2) is 0 Å². The van der Waals surface area contributed by atoms with E-state index in [9.17, 15) is 13.2 Å². The smallest absolute Gasteiger partial charge is 0.286 e. The number of carbonyl (C=O) groups excluding carboxylic acids is 1. The van der Waals surface area contributed by atoms with Crippen LogP contribution in [-0.4, -0.2) is 31.3 Å². The monoisotopic (exact) mass is 455 g/mol. The second-order valence-corrected chi connectivity index (χ2v) is 10.2. The van der Waals surface area contributed by atoms with Crippen LogP contribution in [0.1, 0.15) is 36.0 Å². The first kappa shape index (κ1) is 20.0. The van der Waals surface area contributed by atoms with Crippen molar-refractivity contribution in [2.45, 2.75) is 30.6 Å². The lowest BCUT2D eigenvalue weighted by Crippen LogP contribution is -2.35. The lowest BCUT2D eigenvalue weighted by molar-refractivity contribution is 0.0953. The number of aromatic nitrogens is 1. The van der Waals surface area contributed by atoms with Crippen molar-refractivity contribution in [2.75, 3.05) is 11.4 Å². The van der Waals surface area contributed by atoms with Gasteiger partial charge < -0.3 is 9.47 Å². The summed E-state index contributed by atoms with van der Waals surface area (Å²) in [5.74, 6) is 0.121. The SMILES string of the molecule is Cn1/c(=N/NC(=O)c2ccc3c(c2)S(=O)(=O)N=C2CCCCCN23)sc2ccccc21. The summed E-state index contributed by atoms with van der Waals surface area (Å²) < 4.78 is 32.5. The number of hydrogen-bond donors (Lipinski definition) is 1. The number of thiazole rings is 1. The van der Waals surface area contributed by atoms with Crippen LogP contribution in [0.2, 0.25) is 0 Å². The average Bonchev–Trinajstić information content (AvgIpc) is 2.92. The number of amides is 1. The van der Waals surface area contributed by atoms with Crippen LogP contribution < -0.4 is 15.1 Å². The van der Waals surface area contributed by atoms with E-state index in [0.717, 1.165) is 36.0 Å². The van der Waals surface area contributed by atoms with E-state index in [1.165, 1.54) is 17.4 Å². The Kier molecular flexibility index (Phi) is 4.90. The summed E-state index contributed by atoms with van der Waals surface area (Å²) in [6.45, 7) is 0.727. The number of sulfonamides is 1. The van der Waals surface area contributed by atoms with Crippen LogP contribution in [0.25, 0.3) is 10.2 Å². The molecule has 5 rings (SSSR count). The van der Waals surface area contributed by atoms with Gasteiger partial charge in [0.1, 0.15) is 10.7 Å². The number of nitrogens with zero attached hydrogens (tertiary/aromatic N) is 4. The standard InChI is InChI=1S/C21H21N5O3S2/c1-25-15-7-4-5-8-17(15)30-21(25)23-22-20(27)14-10-11-16-18(13-14)31(28,29)24-19-9-3-2-6-12-26(16)19/h4-5,7-8,10-11,13H,2-3,6,9,12H2,1H3,(H,22,27)/b23-21-. The second kappa shape index (κ2) is 7.61. The van der Waals surface area contributed by atoms with Crippen molar-refractivity contribution in [3.63, 3.8) is 0 Å². The molecule has 31 heavy (non-hydrogen) atoms. The van der Waals surface area contributed by atoms with Crippen LogP contribution in [-0.2, 0) is 17.1 Å². The Morgan fingerprint density at radius 1 is 1.16 bits per heavy atom. The van der Waals surface area contributed by atoms with Gasteiger partial charge in [-0.3, -0.25) is 4.79 Å². The topological polar surface area (TPSA) is 96.1 Å². The molecule has 2 aliphatic heterocycles. The number of carbonyl (C=O) groups is 1. The minimum atomic E-state index is -3.84. The number of fused-ring (bicyclic) bond motifs is 4. The summed E-state index contributed by atoms with van der Waals surface area (Å²) in [6.07, 6.45) is 3.59. The molecule has 0 bridgehead atoms. The van der Waals surface area contributed by atoms with Crippen molar-refractivity contribution < 1.29 is 13.2 Å². The highest BCUT2D eigenvalue weighted by atomic mass is 32.2. The van der Waals surface area contributed by atoms with Crippen LogP contribution in [0.5, 0.6) is 0 Å². The Balaban J connectivity index is 1.47. The lowest BCUT2D eigenvalue weighted by Gasteiger charge is -2.29. The molecule has 0 spiro atoms. The van der Waals surface area contributed by atoms with Gasteiger partial charge in [-0.1, -0.05) is 29.9 Å². The highest BCUT2D eigenvalue weighted by molar-refractivity contribution is 7.90. The van der Waals surface area contributed by atoms with Gasteiger partial charge in [-0.15, -0.1) is 9.50 Å². The summed E-state index contributed by atoms with van der Waals surface area (Å²) in [7, 11) is -1.96. The average molecular weight is 456 g/mol. The predicted molar refractivity (Wildman–Crippen MR) is 121 cm³/mol. The molecular weight excluding hydrogens is 434 g/mol. The Morgan fingerprint density at radius 2 is 2.00 bits per heavy atom. The maximum absolute atomic E-state index is 12.8. The molecule has 0 atom stereocenters. The zero-order valence-electron chi connectivity index (χ0n) is 16.9. The zero-order chi connectivity index (χ0) is 21.6. The molecule has 1 saturated heterocycles. The number of benzene rings is 2. The summed E-state index contributed by atoms with van der Waals surface area (Å²) >= 11 is 1.46. The molecule has 0 saturated carbocycles. The van der Waals surface area contributed by atoms with E-state index in [4.69, 9.17) is 0 Å². The molecule has 1 aromatic heterocycles. The van der Waals surface area contributed by atoms with Gasteiger partial charge in [0, 0.05) is 25.6 Å². The first-order valence-corrected chi connectivity index (χ1v) is 12.3. The molecule has 0 aliphatic carbocycles. The van der Waals surface area contributed by atoms with Crippen LogP contribution in [0.15, 0.2) is 56.9 Å². The minimum Gasteiger partial charge on any atom is -0.328 e. The van der Waals surface area contributed by atoms with Crippen LogP contribution in [0, 0.1) is 0 Å². The molecule has 160 valence electrons. The molecule has 1 fully saturated rings. The highest BCUT2D eigenvalue weighted by Crippen LogP contribution is 2.35. The molecule has 2 aliphatic rings. The van der Waals surface area contributed by atoms with Crippen molar-refractivity contribution in [1.82, 2.24) is 9.99 Å². The van der Waals surface area contributed by atoms with Crippen molar-refractivity contribution in [2.24, 2.45) is 16.5 Å². The van der Waals surface area contributed by atoms with E-state index in [0.29, 0.717) is 22.7 Å². The zero-order valence-corrected chi connectivity index (χ0v) is 18.5. The van der Waals surface area contributed by atoms with Crippen molar-refractivity contribution >= 4 is 49.0 Å². The normalized spacial score (nSPS) is 18.2. The van der Waals surface area contributed by atoms with Gasteiger partial charge in [-0.25, -0.2) is 5.43 Å². The summed E-state index contributed by atoms with van der Waals surface area (Å²) in [5.41, 5.74) is 4.39. The van der Waals surface area contributed by atoms with E-state index >= 15 is 0 Å². The lowest BCUT2D eigenvalue weighted by atomic mass is 10.1. The third-order valence-corrected chi connectivity index (χ3v) is 8.02. The van der Waals surface area contributed by atoms with Crippen molar-refractivity contribution in [1.29, 1.82) is 0 Å². The van der Waals surface area contributed by atoms with E-state index in [1.54, 1.807) is 12.1 Å². The summed E-state index contributed by atoms with van der Waals surface area (Å²) in [4.78, 5) is 15.4. The van der Waals surface area contributed by atoms with E-state index in [1.807, 2.05) is 40.8 Å². The number of para-hydroxylation sites is 1. The first-order chi connectivity index (χ1) is 14.9. The maximum atomic E-state index is 12.8. The third-order valence-electron chi connectivity index (χ3n) is 5.58. The molecule has 8 nitrogen and oxygen atoms in total. The predicted octanol–water partition coefficient (Wildman–Crippen LogP) is 2.97. The molecule has 2 aromatic carbocycles. The summed E-state index contributed by atoms with van der Waals surface area (Å²) in [6, 6.07) is 12.6. The van der Waals surface area contributed by atoms with E-state index in [-0.39, 0.29) is 10.5 Å². The molecule has 0 unspecified atom stereocenters. The number of amidine groups is 1. The fourth-order valence-corrected chi connectivity index (χ4v) is 6.24. The van der Waals surface area contributed by atoms with Gasteiger partial charge in [0.05, 0.1) is 15.9 Å². The number of hydrogen-bond acceptors (Lipinski definition) is 6. The highest BCUT2D eigenvalue weighted by Gasteiger charge is 2.32. The van der Waals surface area contributed by atoms with Gasteiger partial charge in [-0.2, -0.15) is 8.42 Å². The maximum Gasteiger partial charge on any atom is 0.286 e. The minimum absolute atomic E-state index is 0.0678. The molecule has 1 N–H and O–H groups in total. The molecule has 3 heterocycles. The van der Waals surface area contributed by atoms with Gasteiger partial charge >= 0.3 is 0 Å². The fraction of sp³-hybridized carbons (Fsp3) is 0.286. The molecule has 0 radical (unpaired) electrons. The second-order valence-electron chi connectivity index (χ2n) is 7.59. The van der Waals surface area contributed by atoms with Gasteiger partial charge in [0.2, 0.25) is 4.80 Å². The Bertz CT molecular complexity index is 1400. The first-order valence-electron chi connectivity index (χ1n) is 10.1. The Labute approximate surface area is 183 Å². The van der Waals surface area contributed by atoms with Gasteiger partial charge in [0.25, 0.3) is 15.9 Å². The van der Waals surface area contributed by atoms with Crippen LogP contribution >= 0.6 is 11.3 Å². The number of aryl methyl sites for hydroxylation is 1. The van der Waals surface area contributed by atoms with E-state index < -0.39 is 15.9 Å². The number of anilines is 1. The molecular formula is C21H21N5O3S2. The molecule has 3 aromatic rings. The molecule has 1 amide bonds. The number of nitrogens with one attached hydrogen (secondary N) is 1. The van der Waals surface area contributed by atoms with Gasteiger partial charge in [-0.05, 0) is 43.2 Å². The fourth-order valence-electron chi connectivity index (χ4n) is 3.97. The number of rotatable bonds is 2. The van der Waals surface area contributed by atoms with E-state index in [2.05, 4.69) is 14.9 Å². The van der Waals surface area contributed by atoms with Crippen molar-refractivity contribution in [3.05, 3.63) is 52.8 Å². The Hall–Kier alpha value is -2.98. The quantitative estimate of drug-likeness (QED) is 0.601. The van der Waals surface area contributed by atoms with Crippen LogP contribution in [0.3, 0.4) is 0 Å². The Morgan fingerprint density at radius 3 is 2.84 bits per heavy atom. The largest absolute Gasteiger partial charge is 0.328 e. The summed E-state index contributed by atoms with van der Waals surface area (Å²) in [5, 5.41) is 4.24. The van der Waals surface area contributed by atoms with Crippen molar-refractivity contribution in [3.8, 4) is 0 Å². The van der Waals surface area contributed by atoms with Crippen LogP contribution in [0.4, 0.5) is 5.69 Å². The third kappa shape index (κ3) is 3.55. The molecule has 10 heteroatoms.